The number of hydrogen-bond donors (Lipinski definition) is 1. The summed E-state index contributed by atoms with van der Waals surface area (Å²) in [6.07, 6.45) is 5.50. The number of nitrogens with one attached hydrogen (secondary N) is 1. The van der Waals surface area contributed by atoms with Gasteiger partial charge in [-0.05, 0) is 42.8 Å². The van der Waals surface area contributed by atoms with E-state index in [2.05, 4.69) is 20.3 Å². The lowest BCUT2D eigenvalue weighted by Crippen LogP contribution is -2.01. The van der Waals surface area contributed by atoms with Gasteiger partial charge < -0.3 is 14.8 Å². The quantitative estimate of drug-likeness (QED) is 0.581. The molecular weight excluding hydrogens is 342 g/mol. The van der Waals surface area contributed by atoms with Gasteiger partial charge in [-0.3, -0.25) is 4.57 Å². The average molecular weight is 361 g/mol. The first-order valence-electron chi connectivity index (χ1n) is 8.44. The Kier molecular flexibility index (Phi) is 4.33. The molecule has 0 fully saturated rings. The summed E-state index contributed by atoms with van der Waals surface area (Å²) in [6, 6.07) is 11.6. The second-order valence-electron chi connectivity index (χ2n) is 6.02. The molecule has 27 heavy (non-hydrogen) atoms. The maximum absolute atomic E-state index is 5.25. The van der Waals surface area contributed by atoms with Gasteiger partial charge in [0.15, 0.2) is 0 Å². The second kappa shape index (κ2) is 6.95. The molecule has 0 bridgehead atoms. The molecule has 0 saturated carbocycles. The highest BCUT2D eigenvalue weighted by Crippen LogP contribution is 2.25. The topological polar surface area (TPSA) is 74.1 Å². The van der Waals surface area contributed by atoms with Crippen LogP contribution in [0.2, 0.25) is 0 Å². The zero-order valence-corrected chi connectivity index (χ0v) is 15.3. The Morgan fingerprint density at radius 1 is 0.963 bits per heavy atom. The summed E-state index contributed by atoms with van der Waals surface area (Å²) in [7, 11) is 3.25. The van der Waals surface area contributed by atoms with Crippen molar-refractivity contribution in [1.29, 1.82) is 0 Å². The van der Waals surface area contributed by atoms with Crippen molar-refractivity contribution in [3.8, 4) is 17.3 Å². The van der Waals surface area contributed by atoms with Gasteiger partial charge in [0.25, 0.3) is 0 Å². The number of ether oxygens (including phenoxy) is 2. The third-order valence-corrected chi connectivity index (χ3v) is 4.32. The Hall–Kier alpha value is -3.61. The van der Waals surface area contributed by atoms with E-state index >= 15 is 0 Å². The predicted molar refractivity (Wildman–Crippen MR) is 104 cm³/mol. The number of hydrogen-bond acceptors (Lipinski definition) is 6. The molecule has 3 aromatic heterocycles. The highest BCUT2D eigenvalue weighted by Gasteiger charge is 2.09. The zero-order chi connectivity index (χ0) is 18.8. The van der Waals surface area contributed by atoms with Crippen LogP contribution in [0.5, 0.6) is 11.6 Å². The summed E-state index contributed by atoms with van der Waals surface area (Å²) >= 11 is 0. The lowest BCUT2D eigenvalue weighted by atomic mass is 10.2. The highest BCUT2D eigenvalue weighted by atomic mass is 16.5. The molecule has 7 heteroatoms. The van der Waals surface area contributed by atoms with Crippen LogP contribution in [-0.2, 0) is 0 Å². The standard InChI is InChI=1S/C20H19N5O2/c1-13-10-16(26-2)5-6-17(13)23-20-22-11-14-8-9-25(19(14)24-20)15-4-7-18(27-3)21-12-15/h4-12H,1-3H3,(H,22,23,24). The van der Waals surface area contributed by atoms with Gasteiger partial charge in [0.1, 0.15) is 11.4 Å². The smallest absolute Gasteiger partial charge is 0.229 e. The molecule has 0 aliphatic rings. The fourth-order valence-corrected chi connectivity index (χ4v) is 2.85. The van der Waals surface area contributed by atoms with Gasteiger partial charge >= 0.3 is 0 Å². The monoisotopic (exact) mass is 361 g/mol. The molecule has 0 saturated heterocycles. The molecule has 3 heterocycles. The first-order chi connectivity index (χ1) is 13.2. The number of benzene rings is 1. The molecule has 0 amide bonds. The second-order valence-corrected chi connectivity index (χ2v) is 6.02. The number of fused-ring (bicyclic) bond motifs is 1. The van der Waals surface area contributed by atoms with E-state index in [0.29, 0.717) is 11.8 Å². The SMILES string of the molecule is COc1ccc(Nc2ncc3ccn(-c4ccc(OC)nc4)c3n2)c(C)c1. The summed E-state index contributed by atoms with van der Waals surface area (Å²) in [5, 5.41) is 4.22. The summed E-state index contributed by atoms with van der Waals surface area (Å²) < 4.78 is 12.3. The van der Waals surface area contributed by atoms with E-state index in [1.165, 1.54) is 0 Å². The maximum Gasteiger partial charge on any atom is 0.229 e. The molecular formula is C20H19N5O2. The van der Waals surface area contributed by atoms with Crippen molar-refractivity contribution in [3.63, 3.8) is 0 Å². The third kappa shape index (κ3) is 3.27. The van der Waals surface area contributed by atoms with Gasteiger partial charge in [-0.15, -0.1) is 0 Å². The van der Waals surface area contributed by atoms with Crippen LogP contribution in [0.1, 0.15) is 5.56 Å². The molecule has 4 rings (SSSR count). The molecule has 4 aromatic rings. The number of nitrogens with zero attached hydrogens (tertiary/aromatic N) is 4. The molecule has 0 aliphatic heterocycles. The van der Waals surface area contributed by atoms with Crippen LogP contribution >= 0.6 is 0 Å². The van der Waals surface area contributed by atoms with Crippen LogP contribution in [0.3, 0.4) is 0 Å². The van der Waals surface area contributed by atoms with Crippen molar-refractivity contribution in [1.82, 2.24) is 19.5 Å². The van der Waals surface area contributed by atoms with E-state index < -0.39 is 0 Å². The molecule has 7 nitrogen and oxygen atoms in total. The number of rotatable bonds is 5. The Labute approximate surface area is 156 Å². The summed E-state index contributed by atoms with van der Waals surface area (Å²) in [4.78, 5) is 13.4. The van der Waals surface area contributed by atoms with Crippen molar-refractivity contribution in [3.05, 3.63) is 60.6 Å². The largest absolute Gasteiger partial charge is 0.497 e. The molecule has 0 unspecified atom stereocenters. The Morgan fingerprint density at radius 2 is 1.85 bits per heavy atom. The van der Waals surface area contributed by atoms with Gasteiger partial charge in [-0.25, -0.2) is 9.97 Å². The predicted octanol–water partition coefficient (Wildman–Crippen LogP) is 3.88. The number of anilines is 2. The maximum atomic E-state index is 5.25. The first-order valence-corrected chi connectivity index (χ1v) is 8.44. The number of aromatic nitrogens is 4. The van der Waals surface area contributed by atoms with Crippen LogP contribution in [0, 0.1) is 6.92 Å². The van der Waals surface area contributed by atoms with Crippen molar-refractivity contribution >= 4 is 22.7 Å². The number of methoxy groups -OCH3 is 2. The lowest BCUT2D eigenvalue weighted by Gasteiger charge is -2.10. The van der Waals surface area contributed by atoms with E-state index in [1.54, 1.807) is 26.6 Å². The van der Waals surface area contributed by atoms with Crippen molar-refractivity contribution < 1.29 is 9.47 Å². The molecule has 0 radical (unpaired) electrons. The first kappa shape index (κ1) is 16.8. The van der Waals surface area contributed by atoms with Crippen LogP contribution in [0.4, 0.5) is 11.6 Å². The molecule has 0 aliphatic carbocycles. The van der Waals surface area contributed by atoms with Gasteiger partial charge in [0.05, 0.1) is 26.1 Å². The normalized spacial score (nSPS) is 10.8. The zero-order valence-electron chi connectivity index (χ0n) is 15.3. The minimum absolute atomic E-state index is 0.525. The average Bonchev–Trinajstić information content (AvgIpc) is 3.13. The van der Waals surface area contributed by atoms with E-state index in [4.69, 9.17) is 9.47 Å². The summed E-state index contributed by atoms with van der Waals surface area (Å²) in [6.45, 7) is 2.01. The molecule has 1 N–H and O–H groups in total. The molecule has 0 atom stereocenters. The molecule has 0 spiro atoms. The fourth-order valence-electron chi connectivity index (χ4n) is 2.85. The van der Waals surface area contributed by atoms with Crippen LogP contribution in [-0.4, -0.2) is 33.7 Å². The number of pyridine rings is 1. The van der Waals surface area contributed by atoms with E-state index in [0.717, 1.165) is 33.7 Å². The van der Waals surface area contributed by atoms with E-state index in [9.17, 15) is 0 Å². The van der Waals surface area contributed by atoms with Gasteiger partial charge in [-0.2, -0.15) is 4.98 Å². The van der Waals surface area contributed by atoms with Gasteiger partial charge in [0, 0.05) is 29.5 Å². The highest BCUT2D eigenvalue weighted by molar-refractivity contribution is 5.79. The fraction of sp³-hybridized carbons (Fsp3) is 0.150. The minimum Gasteiger partial charge on any atom is -0.497 e. The van der Waals surface area contributed by atoms with Crippen LogP contribution < -0.4 is 14.8 Å². The van der Waals surface area contributed by atoms with Gasteiger partial charge in [0.2, 0.25) is 11.8 Å². The number of aryl methyl sites for hydroxylation is 1. The molecule has 1 aromatic carbocycles. The minimum atomic E-state index is 0.525. The molecule has 136 valence electrons. The Bertz CT molecular complexity index is 1090. The van der Waals surface area contributed by atoms with E-state index in [-0.39, 0.29) is 0 Å². The van der Waals surface area contributed by atoms with Crippen LogP contribution in [0.25, 0.3) is 16.7 Å². The van der Waals surface area contributed by atoms with Crippen molar-refractivity contribution in [2.24, 2.45) is 0 Å². The van der Waals surface area contributed by atoms with Crippen LogP contribution in [0.15, 0.2) is 55.0 Å². The van der Waals surface area contributed by atoms with E-state index in [1.807, 2.05) is 54.1 Å². The summed E-state index contributed by atoms with van der Waals surface area (Å²) in [5.41, 5.74) is 3.67. The van der Waals surface area contributed by atoms with Crippen molar-refractivity contribution in [2.75, 3.05) is 19.5 Å². The Balaban J connectivity index is 1.69. The Morgan fingerprint density at radius 3 is 2.56 bits per heavy atom. The van der Waals surface area contributed by atoms with Gasteiger partial charge in [-0.1, -0.05) is 0 Å². The summed E-state index contributed by atoms with van der Waals surface area (Å²) in [5.74, 6) is 1.91. The third-order valence-electron chi connectivity index (χ3n) is 4.32. The van der Waals surface area contributed by atoms with Crippen molar-refractivity contribution in [2.45, 2.75) is 6.92 Å². The lowest BCUT2D eigenvalue weighted by molar-refractivity contribution is 0.398.